The van der Waals surface area contributed by atoms with Crippen LogP contribution in [0.2, 0.25) is 0 Å². The molecule has 20 heavy (non-hydrogen) atoms. The van der Waals surface area contributed by atoms with Gasteiger partial charge in [-0.3, -0.25) is 14.9 Å². The van der Waals surface area contributed by atoms with Crippen molar-refractivity contribution in [3.05, 3.63) is 40.4 Å². The molecule has 0 saturated heterocycles. The summed E-state index contributed by atoms with van der Waals surface area (Å²) in [6.45, 7) is 2.36. The van der Waals surface area contributed by atoms with Gasteiger partial charge in [-0.2, -0.15) is 0 Å². The van der Waals surface area contributed by atoms with E-state index in [4.69, 9.17) is 0 Å². The zero-order chi connectivity index (χ0) is 14.1. The highest BCUT2D eigenvalue weighted by molar-refractivity contribution is 7.14. The summed E-state index contributed by atoms with van der Waals surface area (Å²) in [5.74, 6) is -0.311. The van der Waals surface area contributed by atoms with E-state index < -0.39 is 0 Å². The average molecular weight is 287 g/mol. The number of ketones is 1. The lowest BCUT2D eigenvalue weighted by molar-refractivity contribution is 0.100. The highest BCUT2D eigenvalue weighted by Crippen LogP contribution is 2.24. The highest BCUT2D eigenvalue weighted by Gasteiger charge is 2.15. The molecule has 102 valence electrons. The molecule has 1 aromatic heterocycles. The second-order valence-electron chi connectivity index (χ2n) is 4.60. The molecule has 0 unspecified atom stereocenters. The number of fused-ring (bicyclic) bond motifs is 1. The first kappa shape index (κ1) is 12.8. The number of hydrogen-bond donors (Lipinski definition) is 2. The fraction of sp³-hybridized carbons (Fsp3) is 0.214. The van der Waals surface area contributed by atoms with Gasteiger partial charge in [0.05, 0.1) is 0 Å². The van der Waals surface area contributed by atoms with Gasteiger partial charge in [-0.25, -0.2) is 4.98 Å². The minimum Gasteiger partial charge on any atom is -0.384 e. The summed E-state index contributed by atoms with van der Waals surface area (Å²) in [6.07, 6.45) is 0.933. The smallest absolute Gasteiger partial charge is 0.257 e. The van der Waals surface area contributed by atoms with Gasteiger partial charge in [0.2, 0.25) is 0 Å². The molecule has 0 bridgehead atoms. The Morgan fingerprint density at radius 3 is 3.00 bits per heavy atom. The normalized spacial score (nSPS) is 12.7. The molecule has 0 radical (unpaired) electrons. The van der Waals surface area contributed by atoms with E-state index in [0.29, 0.717) is 16.4 Å². The number of benzene rings is 1. The lowest BCUT2D eigenvalue weighted by atomic mass is 10.1. The maximum atomic E-state index is 12.1. The number of carbonyl (C=O) groups is 2. The summed E-state index contributed by atoms with van der Waals surface area (Å²) >= 11 is 1.25. The Labute approximate surface area is 120 Å². The summed E-state index contributed by atoms with van der Waals surface area (Å²) in [4.78, 5) is 27.4. The van der Waals surface area contributed by atoms with E-state index in [-0.39, 0.29) is 11.7 Å². The Kier molecular flexibility index (Phi) is 3.23. The summed E-state index contributed by atoms with van der Waals surface area (Å²) in [5.41, 5.74) is 3.23. The van der Waals surface area contributed by atoms with Crippen LogP contribution in [-0.4, -0.2) is 23.2 Å². The first-order valence-electron chi connectivity index (χ1n) is 6.28. The highest BCUT2D eigenvalue weighted by atomic mass is 32.1. The first-order chi connectivity index (χ1) is 9.63. The fourth-order valence-electron chi connectivity index (χ4n) is 2.11. The zero-order valence-corrected chi connectivity index (χ0v) is 11.7. The molecule has 3 rings (SSSR count). The van der Waals surface area contributed by atoms with E-state index >= 15 is 0 Å². The third-order valence-electron chi connectivity index (χ3n) is 3.16. The van der Waals surface area contributed by atoms with Gasteiger partial charge in [0, 0.05) is 30.1 Å². The van der Waals surface area contributed by atoms with Crippen LogP contribution in [0, 0.1) is 0 Å². The molecular formula is C14H13N3O2S. The molecule has 1 amide bonds. The number of nitrogens with one attached hydrogen (secondary N) is 2. The Morgan fingerprint density at radius 2 is 2.25 bits per heavy atom. The lowest BCUT2D eigenvalue weighted by Gasteiger charge is -2.04. The van der Waals surface area contributed by atoms with Crippen molar-refractivity contribution >= 4 is 33.8 Å². The monoisotopic (exact) mass is 287 g/mol. The van der Waals surface area contributed by atoms with Gasteiger partial charge in [-0.05, 0) is 30.2 Å². The second kappa shape index (κ2) is 5.05. The molecule has 5 nitrogen and oxygen atoms in total. The van der Waals surface area contributed by atoms with Crippen molar-refractivity contribution in [1.29, 1.82) is 0 Å². The quantitative estimate of drug-likeness (QED) is 0.851. The molecule has 2 aromatic rings. The number of thiazole rings is 1. The Hall–Kier alpha value is -2.21. The number of amides is 1. The van der Waals surface area contributed by atoms with Crippen LogP contribution in [0.3, 0.4) is 0 Å². The molecule has 0 spiro atoms. The third kappa shape index (κ3) is 2.42. The Balaban J connectivity index is 1.77. The van der Waals surface area contributed by atoms with Crippen molar-refractivity contribution in [2.24, 2.45) is 0 Å². The first-order valence-corrected chi connectivity index (χ1v) is 7.16. The van der Waals surface area contributed by atoms with Crippen molar-refractivity contribution in [1.82, 2.24) is 4.98 Å². The maximum Gasteiger partial charge on any atom is 0.257 e. The number of rotatable bonds is 3. The maximum absolute atomic E-state index is 12.1. The molecule has 0 saturated carbocycles. The number of nitrogens with zero attached hydrogens (tertiary/aromatic N) is 1. The van der Waals surface area contributed by atoms with Crippen LogP contribution < -0.4 is 10.6 Å². The topological polar surface area (TPSA) is 71.1 Å². The number of carbonyl (C=O) groups excluding carboxylic acids is 2. The zero-order valence-electron chi connectivity index (χ0n) is 10.9. The van der Waals surface area contributed by atoms with Crippen molar-refractivity contribution in [3.63, 3.8) is 0 Å². The number of hydrogen-bond acceptors (Lipinski definition) is 5. The van der Waals surface area contributed by atoms with Crippen LogP contribution in [0.15, 0.2) is 23.6 Å². The minimum atomic E-state index is -0.204. The fourth-order valence-corrected chi connectivity index (χ4v) is 2.85. The second-order valence-corrected chi connectivity index (χ2v) is 5.46. The van der Waals surface area contributed by atoms with Crippen molar-refractivity contribution in [2.45, 2.75) is 13.3 Å². The molecule has 0 atom stereocenters. The van der Waals surface area contributed by atoms with Crippen LogP contribution in [-0.2, 0) is 6.42 Å². The standard InChI is InChI=1S/C14H13N3O2S/c1-8(18)12-7-20-14(16-12)17-13(19)10-2-3-11-9(6-10)4-5-15-11/h2-3,6-7,15H,4-5H2,1H3,(H,16,17,19). The minimum absolute atomic E-state index is 0.106. The number of anilines is 2. The lowest BCUT2D eigenvalue weighted by Crippen LogP contribution is -2.12. The Bertz CT molecular complexity index is 693. The van der Waals surface area contributed by atoms with E-state index in [9.17, 15) is 9.59 Å². The van der Waals surface area contributed by atoms with Crippen molar-refractivity contribution in [3.8, 4) is 0 Å². The van der Waals surface area contributed by atoms with Gasteiger partial charge in [0.25, 0.3) is 5.91 Å². The van der Waals surface area contributed by atoms with E-state index in [1.807, 2.05) is 12.1 Å². The van der Waals surface area contributed by atoms with Crippen LogP contribution in [0.5, 0.6) is 0 Å². The predicted octanol–water partition coefficient (Wildman–Crippen LogP) is 2.57. The largest absolute Gasteiger partial charge is 0.384 e. The SMILES string of the molecule is CC(=O)c1csc(NC(=O)c2ccc3c(c2)CCN3)n1. The molecule has 6 heteroatoms. The van der Waals surface area contributed by atoms with Crippen LogP contribution in [0.25, 0.3) is 0 Å². The summed E-state index contributed by atoms with van der Waals surface area (Å²) < 4.78 is 0. The van der Waals surface area contributed by atoms with Gasteiger partial charge in [0.1, 0.15) is 5.69 Å². The molecule has 2 heterocycles. The van der Waals surface area contributed by atoms with Gasteiger partial charge in [0.15, 0.2) is 10.9 Å². The molecule has 0 fully saturated rings. The summed E-state index contributed by atoms with van der Waals surface area (Å²) in [6, 6.07) is 5.59. The van der Waals surface area contributed by atoms with E-state index in [0.717, 1.165) is 24.2 Å². The summed E-state index contributed by atoms with van der Waals surface area (Å²) in [5, 5.41) is 8.06. The number of aromatic nitrogens is 1. The van der Waals surface area contributed by atoms with E-state index in [1.54, 1.807) is 11.4 Å². The van der Waals surface area contributed by atoms with Crippen molar-refractivity contribution < 1.29 is 9.59 Å². The third-order valence-corrected chi connectivity index (χ3v) is 3.92. The molecule has 1 aromatic carbocycles. The number of Topliss-reactive ketones (excluding diaryl/α,β-unsaturated/α-hetero) is 1. The van der Waals surface area contributed by atoms with Gasteiger partial charge in [-0.15, -0.1) is 11.3 Å². The van der Waals surface area contributed by atoms with Gasteiger partial charge < -0.3 is 5.32 Å². The molecular weight excluding hydrogens is 274 g/mol. The van der Waals surface area contributed by atoms with Crippen LogP contribution in [0.1, 0.15) is 33.3 Å². The Morgan fingerprint density at radius 1 is 1.40 bits per heavy atom. The summed E-state index contributed by atoms with van der Waals surface area (Å²) in [7, 11) is 0. The van der Waals surface area contributed by atoms with Crippen LogP contribution in [0.4, 0.5) is 10.8 Å². The molecule has 2 N–H and O–H groups in total. The van der Waals surface area contributed by atoms with E-state index in [1.165, 1.54) is 18.3 Å². The van der Waals surface area contributed by atoms with Crippen molar-refractivity contribution in [2.75, 3.05) is 17.2 Å². The average Bonchev–Trinajstić information content (AvgIpc) is 3.05. The van der Waals surface area contributed by atoms with Gasteiger partial charge in [-0.1, -0.05) is 0 Å². The van der Waals surface area contributed by atoms with E-state index in [2.05, 4.69) is 15.6 Å². The molecule has 1 aliphatic rings. The molecule has 0 aliphatic carbocycles. The predicted molar refractivity (Wildman–Crippen MR) is 78.7 cm³/mol. The van der Waals surface area contributed by atoms with Crippen LogP contribution >= 0.6 is 11.3 Å². The molecule has 1 aliphatic heterocycles. The van der Waals surface area contributed by atoms with Gasteiger partial charge >= 0.3 is 0 Å².